The number of nitrogens with one attached hydrogen (secondary N) is 1. The van der Waals surface area contributed by atoms with E-state index in [9.17, 15) is 4.79 Å². The van der Waals surface area contributed by atoms with Gasteiger partial charge in [-0.1, -0.05) is 25.7 Å². The first-order valence-electron chi connectivity index (χ1n) is 6.64. The molecule has 2 rings (SSSR count). The average molecular weight is 314 g/mol. The van der Waals surface area contributed by atoms with E-state index in [-0.39, 0.29) is 5.91 Å². The van der Waals surface area contributed by atoms with Crippen molar-refractivity contribution in [3.8, 4) is 0 Å². The van der Waals surface area contributed by atoms with Crippen molar-refractivity contribution < 1.29 is 4.79 Å². The third kappa shape index (κ3) is 3.83. The summed E-state index contributed by atoms with van der Waals surface area (Å²) in [4.78, 5) is 11.9. The molecule has 1 fully saturated rings. The van der Waals surface area contributed by atoms with Crippen LogP contribution < -0.4 is 5.32 Å². The van der Waals surface area contributed by atoms with Crippen LogP contribution in [0.15, 0.2) is 10.7 Å². The largest absolute Gasteiger partial charge is 0.352 e. The molecule has 1 saturated carbocycles. The van der Waals surface area contributed by atoms with Crippen LogP contribution in [0.5, 0.6) is 0 Å². The highest BCUT2D eigenvalue weighted by molar-refractivity contribution is 9.10. The van der Waals surface area contributed by atoms with Crippen molar-refractivity contribution >= 4 is 21.8 Å². The fourth-order valence-corrected chi connectivity index (χ4v) is 2.73. The number of carbonyl (C=O) groups excluding carboxylic acids is 1. The molecule has 0 spiro atoms. The monoisotopic (exact) mass is 313 g/mol. The molecule has 0 unspecified atom stereocenters. The van der Waals surface area contributed by atoms with Gasteiger partial charge in [-0.05, 0) is 35.7 Å². The van der Waals surface area contributed by atoms with Crippen LogP contribution in [-0.4, -0.2) is 21.7 Å². The SMILES string of the molecule is Cc1nn(CC(=O)NC2CCCCCC2)cc1Br. The molecule has 0 atom stereocenters. The lowest BCUT2D eigenvalue weighted by atomic mass is 10.1. The summed E-state index contributed by atoms with van der Waals surface area (Å²) in [5.74, 6) is 0.0666. The van der Waals surface area contributed by atoms with Gasteiger partial charge in [0.2, 0.25) is 5.91 Å². The van der Waals surface area contributed by atoms with Crippen LogP contribution in [0.4, 0.5) is 0 Å². The molecule has 0 aliphatic heterocycles. The number of aromatic nitrogens is 2. The Labute approximate surface area is 116 Å². The maximum Gasteiger partial charge on any atom is 0.241 e. The van der Waals surface area contributed by atoms with Crippen molar-refractivity contribution in [2.24, 2.45) is 0 Å². The number of aryl methyl sites for hydroxylation is 1. The Hall–Kier alpha value is -0.840. The molecular formula is C13H20BrN3O. The van der Waals surface area contributed by atoms with Crippen molar-refractivity contribution in [2.45, 2.75) is 58.0 Å². The second-order valence-electron chi connectivity index (χ2n) is 5.02. The normalized spacial score (nSPS) is 17.4. The third-order valence-corrected chi connectivity index (χ3v) is 4.19. The number of hydrogen-bond acceptors (Lipinski definition) is 2. The second-order valence-corrected chi connectivity index (χ2v) is 5.87. The lowest BCUT2D eigenvalue weighted by Gasteiger charge is -2.16. The fourth-order valence-electron chi connectivity index (χ4n) is 2.42. The van der Waals surface area contributed by atoms with E-state index in [0.717, 1.165) is 23.0 Å². The van der Waals surface area contributed by atoms with Crippen molar-refractivity contribution in [1.29, 1.82) is 0 Å². The van der Waals surface area contributed by atoms with Crippen LogP contribution in [0.25, 0.3) is 0 Å². The van der Waals surface area contributed by atoms with Gasteiger partial charge in [0.1, 0.15) is 6.54 Å². The van der Waals surface area contributed by atoms with E-state index >= 15 is 0 Å². The molecule has 1 aliphatic carbocycles. The smallest absolute Gasteiger partial charge is 0.241 e. The molecule has 1 heterocycles. The van der Waals surface area contributed by atoms with Gasteiger partial charge >= 0.3 is 0 Å². The van der Waals surface area contributed by atoms with E-state index in [2.05, 4.69) is 26.3 Å². The number of carbonyl (C=O) groups is 1. The molecule has 0 radical (unpaired) electrons. The fraction of sp³-hybridized carbons (Fsp3) is 0.692. The number of halogens is 1. The van der Waals surface area contributed by atoms with Gasteiger partial charge < -0.3 is 5.32 Å². The van der Waals surface area contributed by atoms with Crippen LogP contribution in [0.3, 0.4) is 0 Å². The predicted octanol–water partition coefficient (Wildman–Crippen LogP) is 2.79. The molecule has 4 nitrogen and oxygen atoms in total. The predicted molar refractivity (Wildman–Crippen MR) is 74.3 cm³/mol. The molecule has 0 bridgehead atoms. The Morgan fingerprint density at radius 3 is 2.67 bits per heavy atom. The molecule has 0 aromatic carbocycles. The zero-order valence-corrected chi connectivity index (χ0v) is 12.4. The van der Waals surface area contributed by atoms with Gasteiger partial charge in [0.05, 0.1) is 10.2 Å². The van der Waals surface area contributed by atoms with Crippen LogP contribution >= 0.6 is 15.9 Å². The highest BCUT2D eigenvalue weighted by Crippen LogP contribution is 2.17. The van der Waals surface area contributed by atoms with E-state index < -0.39 is 0 Å². The van der Waals surface area contributed by atoms with Gasteiger partial charge in [-0.15, -0.1) is 0 Å². The first-order valence-corrected chi connectivity index (χ1v) is 7.43. The lowest BCUT2D eigenvalue weighted by Crippen LogP contribution is -2.36. The summed E-state index contributed by atoms with van der Waals surface area (Å²) in [6.07, 6.45) is 9.16. The molecular weight excluding hydrogens is 294 g/mol. The van der Waals surface area contributed by atoms with Crippen LogP contribution in [0, 0.1) is 6.92 Å². The first-order chi connectivity index (χ1) is 8.65. The molecule has 18 heavy (non-hydrogen) atoms. The van der Waals surface area contributed by atoms with E-state index in [1.165, 1.54) is 25.7 Å². The van der Waals surface area contributed by atoms with E-state index in [1.54, 1.807) is 4.68 Å². The number of hydrogen-bond donors (Lipinski definition) is 1. The maximum absolute atomic E-state index is 11.9. The second kappa shape index (κ2) is 6.36. The molecule has 0 saturated heterocycles. The summed E-state index contributed by atoms with van der Waals surface area (Å²) in [6.45, 7) is 2.23. The number of nitrogens with zero attached hydrogens (tertiary/aromatic N) is 2. The molecule has 1 aromatic rings. The zero-order valence-electron chi connectivity index (χ0n) is 10.8. The van der Waals surface area contributed by atoms with Crippen LogP contribution in [-0.2, 0) is 11.3 Å². The summed E-state index contributed by atoms with van der Waals surface area (Å²) < 4.78 is 2.63. The van der Waals surface area contributed by atoms with Gasteiger partial charge in [0, 0.05) is 12.2 Å². The maximum atomic E-state index is 11.9. The third-order valence-electron chi connectivity index (χ3n) is 3.41. The standard InChI is InChI=1S/C13H20BrN3O/c1-10-12(14)8-17(16-10)9-13(18)15-11-6-4-2-3-5-7-11/h8,11H,2-7,9H2,1H3,(H,15,18). The molecule has 1 aliphatic rings. The zero-order chi connectivity index (χ0) is 13.0. The molecule has 1 amide bonds. The molecule has 1 aromatic heterocycles. The van der Waals surface area contributed by atoms with E-state index in [1.807, 2.05) is 13.1 Å². The topological polar surface area (TPSA) is 46.9 Å². The Kier molecular flexibility index (Phi) is 4.80. The first kappa shape index (κ1) is 13.6. The Balaban J connectivity index is 1.84. The van der Waals surface area contributed by atoms with Gasteiger partial charge in [0.25, 0.3) is 0 Å². The molecule has 100 valence electrons. The van der Waals surface area contributed by atoms with Crippen molar-refractivity contribution in [2.75, 3.05) is 0 Å². The van der Waals surface area contributed by atoms with Crippen molar-refractivity contribution in [3.63, 3.8) is 0 Å². The summed E-state index contributed by atoms with van der Waals surface area (Å²) in [5, 5.41) is 7.39. The summed E-state index contributed by atoms with van der Waals surface area (Å²) in [7, 11) is 0. The van der Waals surface area contributed by atoms with Crippen LogP contribution in [0.2, 0.25) is 0 Å². The quantitative estimate of drug-likeness (QED) is 0.872. The Morgan fingerprint density at radius 2 is 2.11 bits per heavy atom. The van der Waals surface area contributed by atoms with Crippen molar-refractivity contribution in [1.82, 2.24) is 15.1 Å². The highest BCUT2D eigenvalue weighted by atomic mass is 79.9. The minimum Gasteiger partial charge on any atom is -0.352 e. The van der Waals surface area contributed by atoms with Gasteiger partial charge in [-0.25, -0.2) is 0 Å². The average Bonchev–Trinajstić information content (AvgIpc) is 2.55. The van der Waals surface area contributed by atoms with Crippen LogP contribution in [0.1, 0.15) is 44.2 Å². The molecule has 1 N–H and O–H groups in total. The summed E-state index contributed by atoms with van der Waals surface area (Å²) >= 11 is 3.40. The minimum absolute atomic E-state index is 0.0666. The van der Waals surface area contributed by atoms with Gasteiger partial charge in [0.15, 0.2) is 0 Å². The number of amides is 1. The highest BCUT2D eigenvalue weighted by Gasteiger charge is 2.15. The summed E-state index contributed by atoms with van der Waals surface area (Å²) in [6, 6.07) is 0.361. The van der Waals surface area contributed by atoms with Crippen molar-refractivity contribution in [3.05, 3.63) is 16.4 Å². The summed E-state index contributed by atoms with van der Waals surface area (Å²) in [5.41, 5.74) is 0.914. The van der Waals surface area contributed by atoms with Gasteiger partial charge in [-0.3, -0.25) is 9.48 Å². The Morgan fingerprint density at radius 1 is 1.44 bits per heavy atom. The number of rotatable bonds is 3. The lowest BCUT2D eigenvalue weighted by molar-refractivity contribution is -0.122. The Bertz CT molecular complexity index is 389. The van der Waals surface area contributed by atoms with E-state index in [4.69, 9.17) is 0 Å². The van der Waals surface area contributed by atoms with Gasteiger partial charge in [-0.2, -0.15) is 5.10 Å². The van der Waals surface area contributed by atoms with E-state index in [0.29, 0.717) is 12.6 Å². The molecule has 5 heteroatoms. The minimum atomic E-state index is 0.0666.